The minimum atomic E-state index is 0.826. The van der Waals surface area contributed by atoms with Gasteiger partial charge in [0.1, 0.15) is 17.5 Å². The van der Waals surface area contributed by atoms with Crippen molar-refractivity contribution in [2.24, 2.45) is 0 Å². The molecule has 5 nitrogen and oxygen atoms in total. The Labute approximate surface area is 123 Å². The lowest BCUT2D eigenvalue weighted by Crippen LogP contribution is -2.28. The first-order valence-corrected chi connectivity index (χ1v) is 7.56. The highest BCUT2D eigenvalue weighted by Crippen LogP contribution is 2.16. The first kappa shape index (κ1) is 16.7. The Morgan fingerprint density at radius 3 is 2.50 bits per heavy atom. The third-order valence-electron chi connectivity index (χ3n) is 3.12. The van der Waals surface area contributed by atoms with Crippen LogP contribution in [0.3, 0.4) is 0 Å². The van der Waals surface area contributed by atoms with Gasteiger partial charge in [0.15, 0.2) is 0 Å². The van der Waals surface area contributed by atoms with E-state index >= 15 is 0 Å². The van der Waals surface area contributed by atoms with Crippen molar-refractivity contribution in [2.75, 3.05) is 50.5 Å². The lowest BCUT2D eigenvalue weighted by atomic mass is 10.3. The van der Waals surface area contributed by atoms with Crippen molar-refractivity contribution in [1.29, 1.82) is 0 Å². The Morgan fingerprint density at radius 2 is 1.90 bits per heavy atom. The third-order valence-corrected chi connectivity index (χ3v) is 3.12. The average molecular weight is 279 g/mol. The van der Waals surface area contributed by atoms with Crippen molar-refractivity contribution in [3.8, 4) is 0 Å². The zero-order valence-corrected chi connectivity index (χ0v) is 13.6. The Kier molecular flexibility index (Phi) is 7.30. The summed E-state index contributed by atoms with van der Waals surface area (Å²) in [6, 6.07) is 2.06. The average Bonchev–Trinajstić information content (AvgIpc) is 2.40. The summed E-state index contributed by atoms with van der Waals surface area (Å²) in [5, 5.41) is 3.34. The molecule has 5 heteroatoms. The molecule has 1 rings (SSSR count). The van der Waals surface area contributed by atoms with Crippen molar-refractivity contribution < 1.29 is 0 Å². The van der Waals surface area contributed by atoms with E-state index in [1.54, 1.807) is 0 Å². The quantitative estimate of drug-likeness (QED) is 0.752. The van der Waals surface area contributed by atoms with E-state index in [4.69, 9.17) is 0 Å². The summed E-state index contributed by atoms with van der Waals surface area (Å²) in [6.45, 7) is 10.3. The van der Waals surface area contributed by atoms with Gasteiger partial charge in [0.05, 0.1) is 0 Å². The first-order chi connectivity index (χ1) is 9.56. The topological polar surface area (TPSA) is 44.3 Å². The second-order valence-corrected chi connectivity index (χ2v) is 5.32. The van der Waals surface area contributed by atoms with Crippen molar-refractivity contribution in [1.82, 2.24) is 14.9 Å². The van der Waals surface area contributed by atoms with Crippen LogP contribution in [-0.4, -0.2) is 55.1 Å². The highest BCUT2D eigenvalue weighted by atomic mass is 15.2. The molecule has 0 fully saturated rings. The van der Waals surface area contributed by atoms with Gasteiger partial charge in [-0.15, -0.1) is 0 Å². The number of hydrogen-bond acceptors (Lipinski definition) is 5. The molecule has 0 radical (unpaired) electrons. The molecule has 114 valence electrons. The van der Waals surface area contributed by atoms with E-state index < -0.39 is 0 Å². The van der Waals surface area contributed by atoms with E-state index in [1.807, 2.05) is 6.92 Å². The van der Waals surface area contributed by atoms with E-state index in [-0.39, 0.29) is 0 Å². The lowest BCUT2D eigenvalue weighted by Gasteiger charge is -2.23. The minimum absolute atomic E-state index is 0.826. The fraction of sp³-hybridized carbons (Fsp3) is 0.733. The van der Waals surface area contributed by atoms with Gasteiger partial charge in [0.2, 0.25) is 0 Å². The van der Waals surface area contributed by atoms with Gasteiger partial charge in [-0.3, -0.25) is 0 Å². The molecule has 20 heavy (non-hydrogen) atoms. The zero-order valence-electron chi connectivity index (χ0n) is 13.6. The summed E-state index contributed by atoms with van der Waals surface area (Å²) in [5.41, 5.74) is 0. The van der Waals surface area contributed by atoms with E-state index in [0.717, 1.165) is 56.5 Å². The molecule has 0 aromatic carbocycles. The second kappa shape index (κ2) is 8.74. The van der Waals surface area contributed by atoms with Gasteiger partial charge < -0.3 is 15.1 Å². The number of anilines is 2. The number of nitrogens with zero attached hydrogens (tertiary/aromatic N) is 4. The van der Waals surface area contributed by atoms with Gasteiger partial charge >= 0.3 is 0 Å². The summed E-state index contributed by atoms with van der Waals surface area (Å²) >= 11 is 0. The zero-order chi connectivity index (χ0) is 15.0. The van der Waals surface area contributed by atoms with Crippen LogP contribution in [0.25, 0.3) is 0 Å². The summed E-state index contributed by atoms with van der Waals surface area (Å²) in [5.74, 6) is 2.78. The van der Waals surface area contributed by atoms with Gasteiger partial charge in [0, 0.05) is 25.7 Å². The van der Waals surface area contributed by atoms with Crippen LogP contribution in [-0.2, 0) is 0 Å². The molecule has 0 aliphatic rings. The molecule has 0 amide bonds. The monoisotopic (exact) mass is 279 g/mol. The molecule has 0 saturated heterocycles. The molecule has 0 atom stereocenters. The Morgan fingerprint density at radius 1 is 1.15 bits per heavy atom. The molecule has 1 heterocycles. The van der Waals surface area contributed by atoms with Crippen molar-refractivity contribution in [3.63, 3.8) is 0 Å². The van der Waals surface area contributed by atoms with Crippen LogP contribution in [0.5, 0.6) is 0 Å². The Bertz CT molecular complexity index is 392. The van der Waals surface area contributed by atoms with Gasteiger partial charge in [0.25, 0.3) is 0 Å². The number of nitrogens with one attached hydrogen (secondary N) is 1. The van der Waals surface area contributed by atoms with E-state index in [9.17, 15) is 0 Å². The maximum Gasteiger partial charge on any atom is 0.134 e. The standard InChI is InChI=1S/C15H29N5/c1-6-9-16-14-12-15(18-13(3)17-14)20(7-2)11-8-10-19(4)5/h12H,6-11H2,1-5H3,(H,16,17,18). The second-order valence-electron chi connectivity index (χ2n) is 5.32. The van der Waals surface area contributed by atoms with Crippen LogP contribution in [0, 0.1) is 6.92 Å². The van der Waals surface area contributed by atoms with E-state index in [2.05, 4.69) is 59.1 Å². The minimum Gasteiger partial charge on any atom is -0.370 e. The lowest BCUT2D eigenvalue weighted by molar-refractivity contribution is 0.400. The smallest absolute Gasteiger partial charge is 0.134 e. The van der Waals surface area contributed by atoms with Gasteiger partial charge in [-0.2, -0.15) is 0 Å². The molecule has 1 N–H and O–H groups in total. The first-order valence-electron chi connectivity index (χ1n) is 7.56. The fourth-order valence-electron chi connectivity index (χ4n) is 2.07. The Balaban J connectivity index is 2.72. The summed E-state index contributed by atoms with van der Waals surface area (Å²) in [7, 11) is 4.22. The molecule has 1 aromatic heterocycles. The maximum absolute atomic E-state index is 4.57. The summed E-state index contributed by atoms with van der Waals surface area (Å²) in [4.78, 5) is 13.5. The molecule has 0 aliphatic carbocycles. The number of aryl methyl sites for hydroxylation is 1. The van der Waals surface area contributed by atoms with Gasteiger partial charge in [-0.1, -0.05) is 6.92 Å². The highest BCUT2D eigenvalue weighted by molar-refractivity contribution is 5.49. The molecule has 0 spiro atoms. The van der Waals surface area contributed by atoms with E-state index in [0.29, 0.717) is 0 Å². The largest absolute Gasteiger partial charge is 0.370 e. The Hall–Kier alpha value is -1.36. The normalized spacial score (nSPS) is 10.9. The SMILES string of the molecule is CCCNc1cc(N(CC)CCCN(C)C)nc(C)n1. The summed E-state index contributed by atoms with van der Waals surface area (Å²) < 4.78 is 0. The number of aromatic nitrogens is 2. The molecule has 0 unspecified atom stereocenters. The van der Waals surface area contributed by atoms with Crippen LogP contribution in [0.2, 0.25) is 0 Å². The predicted molar refractivity (Wildman–Crippen MR) is 86.6 cm³/mol. The molecule has 0 aliphatic heterocycles. The molecular formula is C15H29N5. The molecule has 0 bridgehead atoms. The maximum atomic E-state index is 4.57. The van der Waals surface area contributed by atoms with Gasteiger partial charge in [-0.05, 0) is 47.3 Å². The van der Waals surface area contributed by atoms with Crippen molar-refractivity contribution in [2.45, 2.75) is 33.6 Å². The van der Waals surface area contributed by atoms with Crippen molar-refractivity contribution >= 4 is 11.6 Å². The number of hydrogen-bond donors (Lipinski definition) is 1. The van der Waals surface area contributed by atoms with Crippen LogP contribution in [0.15, 0.2) is 6.07 Å². The molecular weight excluding hydrogens is 250 g/mol. The van der Waals surface area contributed by atoms with E-state index in [1.165, 1.54) is 0 Å². The van der Waals surface area contributed by atoms with Crippen molar-refractivity contribution in [3.05, 3.63) is 11.9 Å². The van der Waals surface area contributed by atoms with Crippen LogP contribution >= 0.6 is 0 Å². The number of rotatable bonds is 9. The fourth-order valence-corrected chi connectivity index (χ4v) is 2.07. The van der Waals surface area contributed by atoms with Crippen LogP contribution in [0.4, 0.5) is 11.6 Å². The third kappa shape index (κ3) is 5.74. The predicted octanol–water partition coefficient (Wildman–Crippen LogP) is 2.38. The molecule has 0 saturated carbocycles. The van der Waals surface area contributed by atoms with Crippen LogP contribution < -0.4 is 10.2 Å². The molecule has 1 aromatic rings. The highest BCUT2D eigenvalue weighted by Gasteiger charge is 2.09. The summed E-state index contributed by atoms with van der Waals surface area (Å²) in [6.07, 6.45) is 2.24. The van der Waals surface area contributed by atoms with Crippen LogP contribution in [0.1, 0.15) is 32.5 Å². The van der Waals surface area contributed by atoms with Gasteiger partial charge in [-0.25, -0.2) is 9.97 Å².